The number of pyridine rings is 1. The Bertz CT molecular complexity index is 1650. The Balaban J connectivity index is 1.68. The number of hydrogen-bond acceptors (Lipinski definition) is 6. The molecule has 2 aromatic heterocycles. The first-order chi connectivity index (χ1) is 18.3. The van der Waals surface area contributed by atoms with Crippen molar-refractivity contribution < 1.29 is 18.3 Å². The van der Waals surface area contributed by atoms with Gasteiger partial charge >= 0.3 is 6.01 Å². The number of terminal acetylenes is 1. The molecule has 1 saturated heterocycles. The molecule has 0 spiro atoms. The van der Waals surface area contributed by atoms with Gasteiger partial charge in [0.25, 0.3) is 0 Å². The van der Waals surface area contributed by atoms with Crippen LogP contribution in [0.1, 0.15) is 18.9 Å². The second kappa shape index (κ2) is 9.71. The zero-order chi connectivity index (χ0) is 27.1. The van der Waals surface area contributed by atoms with E-state index in [9.17, 15) is 9.18 Å². The average Bonchev–Trinajstić information content (AvgIpc) is 3.32. The van der Waals surface area contributed by atoms with E-state index in [-0.39, 0.29) is 40.8 Å². The van der Waals surface area contributed by atoms with Gasteiger partial charge in [-0.2, -0.15) is 9.97 Å². The summed E-state index contributed by atoms with van der Waals surface area (Å²) in [5.74, 6) is 1.38. The average molecular weight is 514 g/mol. The molecule has 192 valence electrons. The molecule has 2 atom stereocenters. The Morgan fingerprint density at radius 1 is 1.29 bits per heavy atom. The predicted octanol–water partition coefficient (Wildman–Crippen LogP) is 4.72. The molecule has 0 N–H and O–H groups in total. The van der Waals surface area contributed by atoms with Gasteiger partial charge in [-0.25, -0.2) is 8.78 Å². The molecule has 7 nitrogen and oxygen atoms in total. The minimum absolute atomic E-state index is 0.00374. The van der Waals surface area contributed by atoms with Crippen molar-refractivity contribution in [2.45, 2.75) is 25.4 Å². The third kappa shape index (κ3) is 3.89. The van der Waals surface area contributed by atoms with E-state index in [0.717, 1.165) is 0 Å². The van der Waals surface area contributed by atoms with Gasteiger partial charge in [-0.1, -0.05) is 36.8 Å². The maximum atomic E-state index is 16.2. The standard InChI is InChI=1S/C29H25F2N5O2/c1-6-18-21(30)12-11-17-9-8-10-19(24(17)18)26-25(31)27-20(15-32-26)28(34-29(33-27)38-5)35(4)22-13-14-36(16(22)3)23(37)7-2/h1,7-12,15-16,22H,2,13-14H2,3-5H3/t16-,22-/m1/s1. The van der Waals surface area contributed by atoms with Crippen LogP contribution < -0.4 is 9.64 Å². The summed E-state index contributed by atoms with van der Waals surface area (Å²) in [7, 11) is 3.24. The molecule has 0 aliphatic carbocycles. The molecule has 9 heteroatoms. The minimum atomic E-state index is -0.708. The fourth-order valence-corrected chi connectivity index (χ4v) is 5.29. The smallest absolute Gasteiger partial charge is 0.318 e. The predicted molar refractivity (Wildman–Crippen MR) is 143 cm³/mol. The summed E-state index contributed by atoms with van der Waals surface area (Å²) in [4.78, 5) is 29.2. The normalized spacial score (nSPS) is 17.0. The number of likely N-dealkylation sites (N-methyl/N-ethyl adjacent to an activating group) is 1. The van der Waals surface area contributed by atoms with E-state index in [1.807, 2.05) is 18.9 Å². The van der Waals surface area contributed by atoms with Gasteiger partial charge < -0.3 is 14.5 Å². The molecule has 5 rings (SSSR count). The summed E-state index contributed by atoms with van der Waals surface area (Å²) in [6.07, 6.45) is 9.10. The van der Waals surface area contributed by atoms with Gasteiger partial charge in [0.05, 0.1) is 24.1 Å². The van der Waals surface area contributed by atoms with Gasteiger partial charge in [0.15, 0.2) is 5.82 Å². The molecular formula is C29H25F2N5O2. The molecule has 4 aromatic rings. The lowest BCUT2D eigenvalue weighted by atomic mass is 9.96. The van der Waals surface area contributed by atoms with Crippen LogP contribution in [-0.4, -0.2) is 58.5 Å². The van der Waals surface area contributed by atoms with Crippen molar-refractivity contribution in [2.75, 3.05) is 25.6 Å². The van der Waals surface area contributed by atoms with Crippen molar-refractivity contribution in [3.8, 4) is 29.6 Å². The molecule has 2 aromatic carbocycles. The highest BCUT2D eigenvalue weighted by Gasteiger charge is 2.36. The number of ether oxygens (including phenoxy) is 1. The highest BCUT2D eigenvalue weighted by Crippen LogP contribution is 2.37. The minimum Gasteiger partial charge on any atom is -0.467 e. The number of anilines is 1. The molecule has 1 aliphatic rings. The molecule has 3 heterocycles. The van der Waals surface area contributed by atoms with E-state index in [4.69, 9.17) is 11.2 Å². The van der Waals surface area contributed by atoms with Crippen LogP contribution in [0, 0.1) is 24.0 Å². The van der Waals surface area contributed by atoms with Crippen molar-refractivity contribution in [2.24, 2.45) is 0 Å². The number of carbonyl (C=O) groups excluding carboxylic acids is 1. The van der Waals surface area contributed by atoms with Crippen LogP contribution in [-0.2, 0) is 4.79 Å². The number of nitrogens with zero attached hydrogens (tertiary/aromatic N) is 5. The third-order valence-electron chi connectivity index (χ3n) is 7.22. The SMILES string of the molecule is C#Cc1c(F)ccc2cccc(-c3ncc4c(N(C)[C@@H]5CCN(C(=O)C=C)[C@@H]5C)nc(OC)nc4c3F)c12. The largest absolute Gasteiger partial charge is 0.467 e. The lowest BCUT2D eigenvalue weighted by Crippen LogP contribution is -2.43. The van der Waals surface area contributed by atoms with E-state index in [0.29, 0.717) is 40.5 Å². The summed E-state index contributed by atoms with van der Waals surface area (Å²) in [5, 5.41) is 1.43. The Kier molecular flexibility index (Phi) is 6.41. The van der Waals surface area contributed by atoms with Crippen LogP contribution in [0.15, 0.2) is 49.2 Å². The topological polar surface area (TPSA) is 71.5 Å². The number of hydrogen-bond donors (Lipinski definition) is 0. The van der Waals surface area contributed by atoms with Gasteiger partial charge in [0.1, 0.15) is 22.8 Å². The van der Waals surface area contributed by atoms with Crippen molar-refractivity contribution >= 4 is 33.4 Å². The highest BCUT2D eigenvalue weighted by molar-refractivity contribution is 6.02. The second-order valence-corrected chi connectivity index (χ2v) is 9.13. The molecule has 1 fully saturated rings. The fraction of sp³-hybridized carbons (Fsp3) is 0.241. The Morgan fingerprint density at radius 3 is 2.79 bits per heavy atom. The lowest BCUT2D eigenvalue weighted by Gasteiger charge is -2.31. The number of aromatic nitrogens is 3. The second-order valence-electron chi connectivity index (χ2n) is 9.13. The third-order valence-corrected chi connectivity index (χ3v) is 7.22. The van der Waals surface area contributed by atoms with E-state index in [1.165, 1.54) is 25.4 Å². The number of carbonyl (C=O) groups is 1. The molecule has 1 aliphatic heterocycles. The van der Waals surface area contributed by atoms with E-state index in [1.54, 1.807) is 29.2 Å². The van der Waals surface area contributed by atoms with Crippen LogP contribution in [0.5, 0.6) is 6.01 Å². The lowest BCUT2D eigenvalue weighted by molar-refractivity contribution is -0.126. The summed E-state index contributed by atoms with van der Waals surface area (Å²) in [6.45, 7) is 6.10. The zero-order valence-corrected chi connectivity index (χ0v) is 21.2. The van der Waals surface area contributed by atoms with Gasteiger partial charge in [0, 0.05) is 36.8 Å². The number of halogens is 2. The Morgan fingerprint density at radius 2 is 2.08 bits per heavy atom. The molecule has 0 saturated carbocycles. The van der Waals surface area contributed by atoms with Crippen molar-refractivity contribution in [1.29, 1.82) is 0 Å². The maximum absolute atomic E-state index is 16.2. The molecular weight excluding hydrogens is 488 g/mol. The number of likely N-dealkylation sites (tertiary alicyclic amines) is 1. The first-order valence-corrected chi connectivity index (χ1v) is 12.0. The van der Waals surface area contributed by atoms with Crippen LogP contribution >= 0.6 is 0 Å². The van der Waals surface area contributed by atoms with Gasteiger partial charge in [-0.3, -0.25) is 9.78 Å². The van der Waals surface area contributed by atoms with Gasteiger partial charge in [0.2, 0.25) is 5.91 Å². The van der Waals surface area contributed by atoms with E-state index >= 15 is 4.39 Å². The van der Waals surface area contributed by atoms with Crippen molar-refractivity contribution in [3.63, 3.8) is 0 Å². The van der Waals surface area contributed by atoms with Crippen LogP contribution in [0.2, 0.25) is 0 Å². The number of amides is 1. The maximum Gasteiger partial charge on any atom is 0.318 e. The first kappa shape index (κ1) is 25.1. The summed E-state index contributed by atoms with van der Waals surface area (Å²) in [5.41, 5.74) is 0.374. The summed E-state index contributed by atoms with van der Waals surface area (Å²) < 4.78 is 36.1. The van der Waals surface area contributed by atoms with Gasteiger partial charge in [-0.05, 0) is 30.9 Å². The van der Waals surface area contributed by atoms with E-state index < -0.39 is 11.6 Å². The summed E-state index contributed by atoms with van der Waals surface area (Å²) >= 11 is 0. The molecule has 0 radical (unpaired) electrons. The zero-order valence-electron chi connectivity index (χ0n) is 21.2. The number of fused-ring (bicyclic) bond motifs is 2. The monoisotopic (exact) mass is 513 g/mol. The fourth-order valence-electron chi connectivity index (χ4n) is 5.29. The molecule has 1 amide bonds. The van der Waals surface area contributed by atoms with Crippen LogP contribution in [0.25, 0.3) is 32.9 Å². The van der Waals surface area contributed by atoms with Gasteiger partial charge in [-0.15, -0.1) is 6.42 Å². The summed E-state index contributed by atoms with van der Waals surface area (Å²) in [6, 6.07) is 7.80. The number of rotatable bonds is 5. The molecule has 0 unspecified atom stereocenters. The highest BCUT2D eigenvalue weighted by atomic mass is 19.1. The van der Waals surface area contributed by atoms with Crippen LogP contribution in [0.3, 0.4) is 0 Å². The molecule has 38 heavy (non-hydrogen) atoms. The molecule has 0 bridgehead atoms. The quantitative estimate of drug-likeness (QED) is 0.284. The number of benzene rings is 2. The number of methoxy groups -OCH3 is 1. The Labute approximate surface area is 218 Å². The van der Waals surface area contributed by atoms with Crippen molar-refractivity contribution in [1.82, 2.24) is 19.9 Å². The van der Waals surface area contributed by atoms with Crippen LogP contribution in [0.4, 0.5) is 14.6 Å². The first-order valence-electron chi connectivity index (χ1n) is 12.0. The Hall–Kier alpha value is -4.58. The van der Waals surface area contributed by atoms with E-state index in [2.05, 4.69) is 27.5 Å². The van der Waals surface area contributed by atoms with Crippen molar-refractivity contribution in [3.05, 3.63) is 66.4 Å².